The Balaban J connectivity index is 2.63. The van der Waals surface area contributed by atoms with Crippen molar-refractivity contribution < 1.29 is 4.42 Å². The molecule has 0 fully saturated rings. The fourth-order valence-electron chi connectivity index (χ4n) is 2.53. The summed E-state index contributed by atoms with van der Waals surface area (Å²) in [4.78, 5) is 0. The average Bonchev–Trinajstić information content (AvgIpc) is 2.75. The number of furan rings is 1. The first-order chi connectivity index (χ1) is 9.63. The maximum absolute atomic E-state index is 6.13. The van der Waals surface area contributed by atoms with E-state index in [2.05, 4.69) is 72.0 Å². The second-order valence-corrected chi connectivity index (χ2v) is 7.94. The lowest BCUT2D eigenvalue weighted by atomic mass is 9.80. The van der Waals surface area contributed by atoms with Crippen molar-refractivity contribution in [3.63, 3.8) is 0 Å². The zero-order valence-corrected chi connectivity index (χ0v) is 14.6. The van der Waals surface area contributed by atoms with Crippen molar-refractivity contribution in [3.05, 3.63) is 35.1 Å². The lowest BCUT2D eigenvalue weighted by Gasteiger charge is -2.25. The molecule has 1 aromatic heterocycles. The van der Waals surface area contributed by atoms with E-state index in [0.29, 0.717) is 0 Å². The SMILES string of the molecule is CCNCc1cc2cc(C(C)(C)C)cc(C(C)(C)C)c2o1. The largest absolute Gasteiger partial charge is 0.459 e. The van der Waals surface area contributed by atoms with Gasteiger partial charge in [0.25, 0.3) is 0 Å². The molecule has 1 heterocycles. The minimum Gasteiger partial charge on any atom is -0.459 e. The smallest absolute Gasteiger partial charge is 0.138 e. The molecule has 21 heavy (non-hydrogen) atoms. The van der Waals surface area contributed by atoms with E-state index in [-0.39, 0.29) is 10.8 Å². The highest BCUT2D eigenvalue weighted by atomic mass is 16.3. The zero-order valence-electron chi connectivity index (χ0n) is 14.6. The Kier molecular flexibility index (Phi) is 4.21. The molecule has 2 heteroatoms. The van der Waals surface area contributed by atoms with Crippen LogP contribution >= 0.6 is 0 Å². The summed E-state index contributed by atoms with van der Waals surface area (Å²) in [5, 5.41) is 4.56. The lowest BCUT2D eigenvalue weighted by Crippen LogP contribution is -2.16. The maximum atomic E-state index is 6.13. The van der Waals surface area contributed by atoms with Crippen LogP contribution in [0, 0.1) is 0 Å². The van der Waals surface area contributed by atoms with Crippen LogP contribution in [0.15, 0.2) is 22.6 Å². The van der Waals surface area contributed by atoms with E-state index in [1.54, 1.807) is 0 Å². The second kappa shape index (κ2) is 5.49. The highest BCUT2D eigenvalue weighted by Gasteiger charge is 2.24. The van der Waals surface area contributed by atoms with Gasteiger partial charge in [-0.05, 0) is 35.1 Å². The standard InChI is InChI=1S/C19H29NO/c1-8-20-12-15-10-13-9-14(18(2,3)4)11-16(17(13)21-15)19(5,6)7/h9-11,20H,8,12H2,1-7H3. The van der Waals surface area contributed by atoms with Gasteiger partial charge in [0.1, 0.15) is 11.3 Å². The number of fused-ring (bicyclic) bond motifs is 1. The van der Waals surface area contributed by atoms with E-state index in [9.17, 15) is 0 Å². The number of rotatable bonds is 3. The monoisotopic (exact) mass is 287 g/mol. The summed E-state index contributed by atoms with van der Waals surface area (Å²) in [6.07, 6.45) is 0. The van der Waals surface area contributed by atoms with Crippen LogP contribution in [0.3, 0.4) is 0 Å². The Hall–Kier alpha value is -1.28. The third-order valence-corrected chi connectivity index (χ3v) is 3.89. The fraction of sp³-hybridized carbons (Fsp3) is 0.579. The normalized spacial score (nSPS) is 13.1. The van der Waals surface area contributed by atoms with Gasteiger partial charge in [0.15, 0.2) is 0 Å². The first-order valence-electron chi connectivity index (χ1n) is 7.91. The van der Waals surface area contributed by atoms with Crippen molar-refractivity contribution >= 4 is 11.0 Å². The molecular formula is C19H29NO. The van der Waals surface area contributed by atoms with Crippen LogP contribution in [-0.2, 0) is 17.4 Å². The summed E-state index contributed by atoms with van der Waals surface area (Å²) in [6, 6.07) is 6.79. The van der Waals surface area contributed by atoms with Gasteiger partial charge >= 0.3 is 0 Å². The average molecular weight is 287 g/mol. The van der Waals surface area contributed by atoms with Crippen molar-refractivity contribution in [2.24, 2.45) is 0 Å². The molecule has 0 spiro atoms. The molecule has 0 amide bonds. The van der Waals surface area contributed by atoms with Crippen LogP contribution in [0.4, 0.5) is 0 Å². The molecule has 116 valence electrons. The van der Waals surface area contributed by atoms with Gasteiger partial charge in [-0.3, -0.25) is 0 Å². The van der Waals surface area contributed by atoms with Crippen molar-refractivity contribution in [2.45, 2.75) is 65.8 Å². The molecule has 2 rings (SSSR count). The van der Waals surface area contributed by atoms with E-state index >= 15 is 0 Å². The van der Waals surface area contributed by atoms with E-state index in [1.165, 1.54) is 16.5 Å². The van der Waals surface area contributed by atoms with Crippen LogP contribution in [0.5, 0.6) is 0 Å². The predicted octanol–water partition coefficient (Wildman–Crippen LogP) is 5.14. The second-order valence-electron chi connectivity index (χ2n) is 7.94. The Labute approximate surface area is 128 Å². The van der Waals surface area contributed by atoms with Crippen LogP contribution in [0.1, 0.15) is 65.4 Å². The fourth-order valence-corrected chi connectivity index (χ4v) is 2.53. The van der Waals surface area contributed by atoms with E-state index in [0.717, 1.165) is 24.4 Å². The first-order valence-corrected chi connectivity index (χ1v) is 7.91. The van der Waals surface area contributed by atoms with Gasteiger partial charge in [-0.1, -0.05) is 54.5 Å². The maximum Gasteiger partial charge on any atom is 0.138 e. The molecule has 0 bridgehead atoms. The molecule has 1 aromatic carbocycles. The van der Waals surface area contributed by atoms with E-state index in [1.807, 2.05) is 0 Å². The molecule has 0 aliphatic heterocycles. The number of nitrogens with one attached hydrogen (secondary N) is 1. The van der Waals surface area contributed by atoms with Gasteiger partial charge in [0, 0.05) is 10.9 Å². The van der Waals surface area contributed by atoms with Crippen molar-refractivity contribution in [1.29, 1.82) is 0 Å². The molecule has 0 atom stereocenters. The van der Waals surface area contributed by atoms with Crippen LogP contribution < -0.4 is 5.32 Å². The molecule has 0 aliphatic carbocycles. The Morgan fingerprint density at radius 3 is 2.14 bits per heavy atom. The predicted molar refractivity (Wildman–Crippen MR) is 91.0 cm³/mol. The molecule has 0 aliphatic rings. The van der Waals surface area contributed by atoms with Crippen LogP contribution in [0.25, 0.3) is 11.0 Å². The Bertz CT molecular complexity index is 623. The third kappa shape index (κ3) is 3.49. The molecule has 0 radical (unpaired) electrons. The van der Waals surface area contributed by atoms with Crippen LogP contribution in [0.2, 0.25) is 0 Å². The molecule has 0 saturated heterocycles. The minimum absolute atomic E-state index is 0.0762. The highest BCUT2D eigenvalue weighted by Crippen LogP contribution is 2.36. The molecular weight excluding hydrogens is 258 g/mol. The van der Waals surface area contributed by atoms with Crippen molar-refractivity contribution in [1.82, 2.24) is 5.32 Å². The molecule has 2 nitrogen and oxygen atoms in total. The van der Waals surface area contributed by atoms with Gasteiger partial charge in [0.2, 0.25) is 0 Å². The number of benzene rings is 1. The van der Waals surface area contributed by atoms with E-state index in [4.69, 9.17) is 4.42 Å². The summed E-state index contributed by atoms with van der Waals surface area (Å²) in [7, 11) is 0. The van der Waals surface area contributed by atoms with E-state index < -0.39 is 0 Å². The summed E-state index contributed by atoms with van der Waals surface area (Å²) in [5.74, 6) is 1.02. The summed E-state index contributed by atoms with van der Waals surface area (Å²) in [5.41, 5.74) is 3.94. The highest BCUT2D eigenvalue weighted by molar-refractivity contribution is 5.83. The lowest BCUT2D eigenvalue weighted by molar-refractivity contribution is 0.503. The number of hydrogen-bond acceptors (Lipinski definition) is 2. The summed E-state index contributed by atoms with van der Waals surface area (Å²) < 4.78 is 6.13. The molecule has 1 N–H and O–H groups in total. The van der Waals surface area contributed by atoms with Gasteiger partial charge in [-0.15, -0.1) is 0 Å². The van der Waals surface area contributed by atoms with Gasteiger partial charge in [0.05, 0.1) is 6.54 Å². The zero-order chi connectivity index (χ0) is 15.8. The van der Waals surface area contributed by atoms with Crippen LogP contribution in [-0.4, -0.2) is 6.54 Å². The minimum atomic E-state index is 0.0762. The molecule has 2 aromatic rings. The summed E-state index contributed by atoms with van der Waals surface area (Å²) >= 11 is 0. The topological polar surface area (TPSA) is 25.2 Å². The quantitative estimate of drug-likeness (QED) is 0.845. The molecule has 0 unspecified atom stereocenters. The molecule has 0 saturated carbocycles. The summed E-state index contributed by atoms with van der Waals surface area (Å²) in [6.45, 7) is 17.4. The number of hydrogen-bond donors (Lipinski definition) is 1. The van der Waals surface area contributed by atoms with Gasteiger partial charge in [-0.25, -0.2) is 0 Å². The van der Waals surface area contributed by atoms with Crippen molar-refractivity contribution in [3.8, 4) is 0 Å². The first kappa shape index (κ1) is 16.1. The Morgan fingerprint density at radius 2 is 1.62 bits per heavy atom. The van der Waals surface area contributed by atoms with Crippen molar-refractivity contribution in [2.75, 3.05) is 6.54 Å². The van der Waals surface area contributed by atoms with Gasteiger partial charge in [-0.2, -0.15) is 0 Å². The Morgan fingerprint density at radius 1 is 0.952 bits per heavy atom. The third-order valence-electron chi connectivity index (χ3n) is 3.89. The van der Waals surface area contributed by atoms with Gasteiger partial charge < -0.3 is 9.73 Å².